The molecule has 2 heterocycles. The number of carbonyl (C=O) groups is 1. The number of para-hydroxylation sites is 1. The van der Waals surface area contributed by atoms with Crippen LogP contribution in [-0.4, -0.2) is 69.0 Å². The lowest BCUT2D eigenvalue weighted by molar-refractivity contribution is -0.143. The van der Waals surface area contributed by atoms with E-state index >= 15 is 0 Å². The van der Waals surface area contributed by atoms with Gasteiger partial charge in [-0.05, 0) is 37.1 Å². The van der Waals surface area contributed by atoms with Gasteiger partial charge in [0.25, 0.3) is 0 Å². The zero-order valence-electron chi connectivity index (χ0n) is 19.8. The van der Waals surface area contributed by atoms with E-state index in [0.29, 0.717) is 6.61 Å². The Morgan fingerprint density at radius 3 is 2.52 bits per heavy atom. The number of aromatic nitrogens is 1. The third-order valence-corrected chi connectivity index (χ3v) is 6.27. The quantitative estimate of drug-likeness (QED) is 0.464. The molecule has 4 rings (SSSR count). The number of benzene rings is 2. The van der Waals surface area contributed by atoms with Gasteiger partial charge in [0.2, 0.25) is 0 Å². The smallest absolute Gasteiger partial charge is 0.325 e. The van der Waals surface area contributed by atoms with E-state index in [-0.39, 0.29) is 12.5 Å². The topological polar surface area (TPSA) is 56.2 Å². The Morgan fingerprint density at radius 2 is 1.79 bits per heavy atom. The number of hydrogen-bond donors (Lipinski definition) is 0. The fraction of sp³-hybridized carbons (Fsp3) is 0.423. The van der Waals surface area contributed by atoms with E-state index < -0.39 is 0 Å². The lowest BCUT2D eigenvalue weighted by atomic mass is 10.1. The van der Waals surface area contributed by atoms with Crippen LogP contribution < -0.4 is 14.4 Å². The highest BCUT2D eigenvalue weighted by atomic mass is 16.5. The molecule has 176 valence electrons. The molecule has 1 saturated heterocycles. The second kappa shape index (κ2) is 10.6. The van der Waals surface area contributed by atoms with Crippen LogP contribution in [0.15, 0.2) is 48.7 Å². The first-order valence-corrected chi connectivity index (χ1v) is 11.5. The predicted octanol–water partition coefficient (Wildman–Crippen LogP) is 3.59. The molecule has 2 aromatic carbocycles. The first kappa shape index (κ1) is 23.0. The number of fused-ring (bicyclic) bond motifs is 1. The monoisotopic (exact) mass is 451 g/mol. The molecule has 33 heavy (non-hydrogen) atoms. The Kier molecular flexibility index (Phi) is 7.40. The summed E-state index contributed by atoms with van der Waals surface area (Å²) in [6.07, 6.45) is 3.05. The van der Waals surface area contributed by atoms with Gasteiger partial charge in [-0.2, -0.15) is 0 Å². The van der Waals surface area contributed by atoms with E-state index in [4.69, 9.17) is 14.2 Å². The molecule has 3 aromatic rings. The number of carbonyl (C=O) groups excluding carboxylic acids is 1. The van der Waals surface area contributed by atoms with E-state index in [1.165, 1.54) is 10.9 Å². The lowest BCUT2D eigenvalue weighted by Gasteiger charge is -2.36. The van der Waals surface area contributed by atoms with Crippen LogP contribution in [0.5, 0.6) is 11.5 Å². The molecular weight excluding hydrogens is 418 g/mol. The minimum atomic E-state index is -0.200. The summed E-state index contributed by atoms with van der Waals surface area (Å²) < 4.78 is 18.1. The largest absolute Gasteiger partial charge is 0.497 e. The summed E-state index contributed by atoms with van der Waals surface area (Å²) in [5, 5.41) is 1.21. The van der Waals surface area contributed by atoms with Crippen LogP contribution in [-0.2, 0) is 22.5 Å². The third kappa shape index (κ3) is 5.25. The standard InChI is InChI=1S/C26H33N3O4/c1-4-33-26(30)19-29-18-20(22-7-5-6-8-23(22)29)11-12-27-13-15-28(16-14-27)24-17-21(31-2)9-10-25(24)32-3/h5-10,17-18H,4,11-16,19H2,1-3H3. The van der Waals surface area contributed by atoms with Crippen molar-refractivity contribution in [3.63, 3.8) is 0 Å². The number of rotatable bonds is 9. The molecule has 0 amide bonds. The Labute approximate surface area is 195 Å². The van der Waals surface area contributed by atoms with Gasteiger partial charge in [0.1, 0.15) is 18.0 Å². The molecule has 0 atom stereocenters. The van der Waals surface area contributed by atoms with Gasteiger partial charge in [0.15, 0.2) is 0 Å². The molecule has 7 heteroatoms. The van der Waals surface area contributed by atoms with Crippen LogP contribution in [0, 0.1) is 0 Å². The molecule has 0 aliphatic carbocycles. The molecule has 1 fully saturated rings. The van der Waals surface area contributed by atoms with E-state index in [1.807, 2.05) is 35.8 Å². The molecule has 0 radical (unpaired) electrons. The highest BCUT2D eigenvalue weighted by Gasteiger charge is 2.21. The second-order valence-electron chi connectivity index (χ2n) is 8.22. The van der Waals surface area contributed by atoms with Crippen molar-refractivity contribution in [2.45, 2.75) is 19.9 Å². The normalized spacial score (nSPS) is 14.5. The maximum atomic E-state index is 12.0. The molecule has 1 aliphatic heterocycles. The number of anilines is 1. The van der Waals surface area contributed by atoms with Gasteiger partial charge in [-0.1, -0.05) is 18.2 Å². The maximum Gasteiger partial charge on any atom is 0.325 e. The summed E-state index contributed by atoms with van der Waals surface area (Å²) in [7, 11) is 3.40. The average Bonchev–Trinajstić information content (AvgIpc) is 3.20. The van der Waals surface area contributed by atoms with Crippen molar-refractivity contribution < 1.29 is 19.0 Å². The second-order valence-corrected chi connectivity index (χ2v) is 8.22. The molecule has 0 spiro atoms. The number of nitrogens with zero attached hydrogens (tertiary/aromatic N) is 3. The van der Waals surface area contributed by atoms with Crippen LogP contribution in [0.1, 0.15) is 12.5 Å². The molecule has 7 nitrogen and oxygen atoms in total. The summed E-state index contributed by atoms with van der Waals surface area (Å²) in [6, 6.07) is 14.2. The van der Waals surface area contributed by atoms with Crippen molar-refractivity contribution in [2.75, 3.05) is 58.5 Å². The summed E-state index contributed by atoms with van der Waals surface area (Å²) in [6.45, 7) is 7.32. The molecule has 1 aromatic heterocycles. The average molecular weight is 452 g/mol. The first-order chi connectivity index (χ1) is 16.1. The molecule has 0 saturated carbocycles. The molecule has 1 aliphatic rings. The maximum absolute atomic E-state index is 12.0. The Bertz CT molecular complexity index is 1090. The summed E-state index contributed by atoms with van der Waals surface area (Å²) in [5.41, 5.74) is 3.43. The fourth-order valence-electron chi connectivity index (χ4n) is 4.53. The Balaban J connectivity index is 1.39. The summed E-state index contributed by atoms with van der Waals surface area (Å²) in [4.78, 5) is 16.9. The van der Waals surface area contributed by atoms with Crippen LogP contribution in [0.2, 0.25) is 0 Å². The zero-order valence-corrected chi connectivity index (χ0v) is 19.8. The molecule has 0 N–H and O–H groups in total. The highest BCUT2D eigenvalue weighted by molar-refractivity contribution is 5.85. The summed E-state index contributed by atoms with van der Waals surface area (Å²) in [5.74, 6) is 1.51. The molecule has 0 bridgehead atoms. The first-order valence-electron chi connectivity index (χ1n) is 11.5. The van der Waals surface area contributed by atoms with Crippen LogP contribution in [0.25, 0.3) is 10.9 Å². The van der Waals surface area contributed by atoms with E-state index in [0.717, 1.165) is 61.8 Å². The zero-order chi connectivity index (χ0) is 23.2. The number of hydrogen-bond acceptors (Lipinski definition) is 6. The van der Waals surface area contributed by atoms with Crippen molar-refractivity contribution in [3.05, 3.63) is 54.2 Å². The van der Waals surface area contributed by atoms with Crippen molar-refractivity contribution in [2.24, 2.45) is 0 Å². The van der Waals surface area contributed by atoms with E-state index in [2.05, 4.69) is 34.2 Å². The minimum Gasteiger partial charge on any atom is -0.497 e. The van der Waals surface area contributed by atoms with Crippen molar-refractivity contribution in [1.82, 2.24) is 9.47 Å². The van der Waals surface area contributed by atoms with E-state index in [1.54, 1.807) is 14.2 Å². The highest BCUT2D eigenvalue weighted by Crippen LogP contribution is 2.33. The number of ether oxygens (including phenoxy) is 3. The van der Waals surface area contributed by atoms with Crippen LogP contribution in [0.4, 0.5) is 5.69 Å². The number of esters is 1. The van der Waals surface area contributed by atoms with Gasteiger partial charge in [0.05, 0.1) is 26.5 Å². The van der Waals surface area contributed by atoms with Gasteiger partial charge in [-0.15, -0.1) is 0 Å². The van der Waals surface area contributed by atoms with Gasteiger partial charge in [-0.3, -0.25) is 9.69 Å². The van der Waals surface area contributed by atoms with Gasteiger partial charge >= 0.3 is 5.97 Å². The fourth-order valence-corrected chi connectivity index (χ4v) is 4.53. The Hall–Kier alpha value is -3.19. The number of methoxy groups -OCH3 is 2. The minimum absolute atomic E-state index is 0.200. The summed E-state index contributed by atoms with van der Waals surface area (Å²) >= 11 is 0. The van der Waals surface area contributed by atoms with Crippen LogP contribution in [0.3, 0.4) is 0 Å². The molecular formula is C26H33N3O4. The van der Waals surface area contributed by atoms with Gasteiger partial charge in [0, 0.05) is 55.9 Å². The lowest BCUT2D eigenvalue weighted by Crippen LogP contribution is -2.47. The van der Waals surface area contributed by atoms with Gasteiger partial charge in [-0.25, -0.2) is 0 Å². The number of piperazine rings is 1. The van der Waals surface area contributed by atoms with Gasteiger partial charge < -0.3 is 23.7 Å². The van der Waals surface area contributed by atoms with Crippen molar-refractivity contribution in [1.29, 1.82) is 0 Å². The van der Waals surface area contributed by atoms with Crippen molar-refractivity contribution in [3.8, 4) is 11.5 Å². The predicted molar refractivity (Wildman–Crippen MR) is 130 cm³/mol. The molecule has 0 unspecified atom stereocenters. The van der Waals surface area contributed by atoms with E-state index in [9.17, 15) is 4.79 Å². The van der Waals surface area contributed by atoms with Crippen LogP contribution >= 0.6 is 0 Å². The Morgan fingerprint density at radius 1 is 1.00 bits per heavy atom. The SMILES string of the molecule is CCOC(=O)Cn1cc(CCN2CCN(c3cc(OC)ccc3OC)CC2)c2ccccc21. The van der Waals surface area contributed by atoms with Crippen molar-refractivity contribution >= 4 is 22.6 Å². The third-order valence-electron chi connectivity index (χ3n) is 6.27.